The van der Waals surface area contributed by atoms with Crippen molar-refractivity contribution in [3.63, 3.8) is 0 Å². The van der Waals surface area contributed by atoms with E-state index in [1.807, 2.05) is 25.1 Å². The molecule has 0 radical (unpaired) electrons. The van der Waals surface area contributed by atoms with E-state index >= 15 is 0 Å². The number of fused-ring (bicyclic) bond motifs is 1. The van der Waals surface area contributed by atoms with Gasteiger partial charge in [0.1, 0.15) is 0 Å². The summed E-state index contributed by atoms with van der Waals surface area (Å²) in [5.41, 5.74) is 1.25. The van der Waals surface area contributed by atoms with Crippen molar-refractivity contribution in [1.29, 1.82) is 0 Å². The van der Waals surface area contributed by atoms with Gasteiger partial charge in [0.2, 0.25) is 4.74 Å². The zero-order valence-electron chi connectivity index (χ0n) is 15.6. The van der Waals surface area contributed by atoms with Crippen LogP contribution in [0.2, 0.25) is 0 Å². The molecule has 28 heavy (non-hydrogen) atoms. The summed E-state index contributed by atoms with van der Waals surface area (Å²) in [6, 6.07) is 13.4. The van der Waals surface area contributed by atoms with Crippen LogP contribution < -0.4 is 15.4 Å². The first kappa shape index (κ1) is 19.7. The summed E-state index contributed by atoms with van der Waals surface area (Å²) in [7, 11) is 3.85. The first-order valence-electron chi connectivity index (χ1n) is 8.68. The van der Waals surface area contributed by atoms with Gasteiger partial charge in [-0.3, -0.25) is 19.7 Å². The number of hydrogen-bond acceptors (Lipinski definition) is 6. The van der Waals surface area contributed by atoms with Crippen LogP contribution in [0, 0.1) is 0 Å². The highest BCUT2D eigenvalue weighted by molar-refractivity contribution is 7.13. The fourth-order valence-corrected chi connectivity index (χ4v) is 3.27. The Kier molecular flexibility index (Phi) is 6.13. The molecule has 2 N–H and O–H groups in total. The molecule has 0 unspecified atom stereocenters. The molecular formula is C20H20N4O3S. The average Bonchev–Trinajstić information content (AvgIpc) is 2.67. The monoisotopic (exact) mass is 396 g/mol. The van der Waals surface area contributed by atoms with Crippen LogP contribution in [-0.2, 0) is 0 Å². The Morgan fingerprint density at radius 1 is 1.04 bits per heavy atom. The van der Waals surface area contributed by atoms with Gasteiger partial charge in [-0.2, -0.15) is 0 Å². The molecule has 8 heteroatoms. The predicted octanol–water partition coefficient (Wildman–Crippen LogP) is 2.20. The van der Waals surface area contributed by atoms with Crippen LogP contribution in [-0.4, -0.2) is 48.9 Å². The maximum Gasteiger partial charge on any atom is 0.257 e. The van der Waals surface area contributed by atoms with Gasteiger partial charge < -0.3 is 10.2 Å². The summed E-state index contributed by atoms with van der Waals surface area (Å²) in [5, 5.41) is 6.07. The molecule has 7 nitrogen and oxygen atoms in total. The Bertz CT molecular complexity index is 1060. The van der Waals surface area contributed by atoms with Gasteiger partial charge in [-0.1, -0.05) is 29.5 Å². The van der Waals surface area contributed by atoms with Crippen LogP contribution in [0.25, 0.3) is 10.9 Å². The molecule has 0 aliphatic carbocycles. The van der Waals surface area contributed by atoms with Crippen LogP contribution >= 0.6 is 11.3 Å². The lowest BCUT2D eigenvalue weighted by Gasteiger charge is -2.10. The lowest BCUT2D eigenvalue weighted by atomic mass is 10.1. The van der Waals surface area contributed by atoms with Gasteiger partial charge >= 0.3 is 0 Å². The SMILES string of the molecule is CN(C)CCNC(=O)c1ccc2c(=O)sc(NC(=O)c3ccccc3)nc2c1. The molecule has 3 rings (SSSR count). The van der Waals surface area contributed by atoms with Gasteiger partial charge in [-0.25, -0.2) is 4.98 Å². The van der Waals surface area contributed by atoms with E-state index in [2.05, 4.69) is 15.6 Å². The van der Waals surface area contributed by atoms with Crippen molar-refractivity contribution in [2.75, 3.05) is 32.5 Å². The van der Waals surface area contributed by atoms with Crippen molar-refractivity contribution >= 4 is 39.2 Å². The molecular weight excluding hydrogens is 376 g/mol. The fourth-order valence-electron chi connectivity index (χ4n) is 2.52. The minimum atomic E-state index is -0.347. The molecule has 0 spiro atoms. The first-order valence-corrected chi connectivity index (χ1v) is 9.50. The number of nitrogens with zero attached hydrogens (tertiary/aromatic N) is 2. The van der Waals surface area contributed by atoms with Gasteiger partial charge in [0, 0.05) is 24.2 Å². The zero-order valence-corrected chi connectivity index (χ0v) is 16.4. The third kappa shape index (κ3) is 4.79. The first-order chi connectivity index (χ1) is 13.4. The van der Waals surface area contributed by atoms with Crippen molar-refractivity contribution < 1.29 is 9.59 Å². The second-order valence-corrected chi connectivity index (χ2v) is 7.38. The Morgan fingerprint density at radius 3 is 2.50 bits per heavy atom. The van der Waals surface area contributed by atoms with E-state index in [1.54, 1.807) is 42.5 Å². The summed E-state index contributed by atoms with van der Waals surface area (Å²) >= 11 is 0.856. The summed E-state index contributed by atoms with van der Waals surface area (Å²) < 4.78 is -0.229. The van der Waals surface area contributed by atoms with E-state index in [0.717, 1.165) is 17.9 Å². The molecule has 0 aliphatic rings. The maximum absolute atomic E-state index is 12.4. The van der Waals surface area contributed by atoms with Crippen LogP contribution in [0.15, 0.2) is 53.3 Å². The van der Waals surface area contributed by atoms with Gasteiger partial charge in [0.25, 0.3) is 11.8 Å². The molecule has 2 aromatic carbocycles. The number of carbonyl (C=O) groups excluding carboxylic acids is 2. The molecule has 0 aliphatic heterocycles. The van der Waals surface area contributed by atoms with Gasteiger partial charge in [0.15, 0.2) is 5.13 Å². The Balaban J connectivity index is 1.83. The lowest BCUT2D eigenvalue weighted by Crippen LogP contribution is -2.31. The molecule has 0 fully saturated rings. The Morgan fingerprint density at radius 2 is 1.79 bits per heavy atom. The Hall–Kier alpha value is -3.10. The minimum Gasteiger partial charge on any atom is -0.351 e. The van der Waals surface area contributed by atoms with Gasteiger partial charge in [0.05, 0.1) is 10.9 Å². The topological polar surface area (TPSA) is 91.4 Å². The molecule has 0 bridgehead atoms. The van der Waals surface area contributed by atoms with E-state index in [1.165, 1.54) is 0 Å². The van der Waals surface area contributed by atoms with Crippen LogP contribution in [0.1, 0.15) is 20.7 Å². The standard InChI is InChI=1S/C20H20N4O3S/c1-24(2)11-10-21-17(25)14-8-9-15-16(12-14)22-20(28-19(15)27)23-18(26)13-6-4-3-5-7-13/h3-9,12H,10-11H2,1-2H3,(H,21,25)(H,22,23,26). The number of aromatic nitrogens is 1. The average molecular weight is 396 g/mol. The van der Waals surface area contributed by atoms with Crippen molar-refractivity contribution in [2.24, 2.45) is 0 Å². The van der Waals surface area contributed by atoms with Crippen molar-refractivity contribution in [1.82, 2.24) is 15.2 Å². The molecule has 2 amide bonds. The third-order valence-electron chi connectivity index (χ3n) is 3.99. The normalized spacial score (nSPS) is 10.8. The number of amides is 2. The lowest BCUT2D eigenvalue weighted by molar-refractivity contribution is 0.0950. The largest absolute Gasteiger partial charge is 0.351 e. The quantitative estimate of drug-likeness (QED) is 0.667. The van der Waals surface area contributed by atoms with Crippen molar-refractivity contribution in [3.05, 3.63) is 69.2 Å². The maximum atomic E-state index is 12.4. The van der Waals surface area contributed by atoms with E-state index in [9.17, 15) is 14.4 Å². The molecule has 0 saturated heterocycles. The van der Waals surface area contributed by atoms with Crippen molar-refractivity contribution in [3.8, 4) is 0 Å². The zero-order chi connectivity index (χ0) is 20.1. The van der Waals surface area contributed by atoms with E-state index in [4.69, 9.17) is 0 Å². The highest BCUT2D eigenvalue weighted by Gasteiger charge is 2.12. The van der Waals surface area contributed by atoms with Gasteiger partial charge in [-0.15, -0.1) is 0 Å². The predicted molar refractivity (Wildman–Crippen MR) is 111 cm³/mol. The molecule has 1 aromatic heterocycles. The summed E-state index contributed by atoms with van der Waals surface area (Å²) in [5.74, 6) is -0.582. The molecule has 144 valence electrons. The molecule has 0 atom stereocenters. The number of hydrogen-bond donors (Lipinski definition) is 2. The number of rotatable bonds is 6. The summed E-state index contributed by atoms with van der Waals surface area (Å²) in [4.78, 5) is 43.3. The second-order valence-electron chi connectivity index (χ2n) is 6.42. The third-order valence-corrected chi connectivity index (χ3v) is 4.78. The highest BCUT2D eigenvalue weighted by Crippen LogP contribution is 2.17. The number of carbonyl (C=O) groups is 2. The van der Waals surface area contributed by atoms with Gasteiger partial charge in [-0.05, 0) is 44.4 Å². The fraction of sp³-hybridized carbons (Fsp3) is 0.200. The molecule has 0 saturated carbocycles. The minimum absolute atomic E-state index is 0.191. The van der Waals surface area contributed by atoms with Crippen LogP contribution in [0.5, 0.6) is 0 Å². The molecule has 1 heterocycles. The number of anilines is 1. The number of nitrogens with one attached hydrogen (secondary N) is 2. The second kappa shape index (κ2) is 8.73. The van der Waals surface area contributed by atoms with Crippen molar-refractivity contribution in [2.45, 2.75) is 0 Å². The van der Waals surface area contributed by atoms with E-state index in [0.29, 0.717) is 28.6 Å². The van der Waals surface area contributed by atoms with Crippen LogP contribution in [0.3, 0.4) is 0 Å². The molecule has 3 aromatic rings. The Labute approximate surface area is 166 Å². The van der Waals surface area contributed by atoms with E-state index in [-0.39, 0.29) is 21.7 Å². The summed E-state index contributed by atoms with van der Waals surface area (Å²) in [6.07, 6.45) is 0. The smallest absolute Gasteiger partial charge is 0.257 e. The van der Waals surface area contributed by atoms with E-state index < -0.39 is 0 Å². The summed E-state index contributed by atoms with van der Waals surface area (Å²) in [6.45, 7) is 1.24. The highest BCUT2D eigenvalue weighted by atomic mass is 32.1. The van der Waals surface area contributed by atoms with Crippen LogP contribution in [0.4, 0.5) is 5.13 Å². The number of benzene rings is 2. The number of likely N-dealkylation sites (N-methyl/N-ethyl adjacent to an activating group) is 1.